The Morgan fingerprint density at radius 2 is 1.43 bits per heavy atom. The highest BCUT2D eigenvalue weighted by molar-refractivity contribution is 5.30. The van der Waals surface area contributed by atoms with Crippen molar-refractivity contribution >= 4 is 0 Å². The molecule has 0 aliphatic heterocycles. The van der Waals surface area contributed by atoms with Gasteiger partial charge in [-0.1, -0.05) is 57.4 Å². The number of benzene rings is 2. The number of hydrogen-bond acceptors (Lipinski definition) is 3. The Labute approximate surface area is 170 Å². The van der Waals surface area contributed by atoms with Crippen molar-refractivity contribution in [2.45, 2.75) is 71.0 Å². The Morgan fingerprint density at radius 3 is 2.07 bits per heavy atom. The summed E-state index contributed by atoms with van der Waals surface area (Å²) in [7, 11) is 0. The molecular weight excluding hydrogens is 348 g/mol. The van der Waals surface area contributed by atoms with Gasteiger partial charge >= 0.3 is 0 Å². The molecule has 3 rings (SSSR count). The maximum Gasteiger partial charge on any atom is 0.197 e. The lowest BCUT2D eigenvalue weighted by Crippen LogP contribution is -2.19. The highest BCUT2D eigenvalue weighted by Crippen LogP contribution is 2.33. The lowest BCUT2D eigenvalue weighted by atomic mass is 9.84. The van der Waals surface area contributed by atoms with Gasteiger partial charge in [-0.25, -0.2) is 0 Å². The van der Waals surface area contributed by atoms with Crippen molar-refractivity contribution in [1.82, 2.24) is 0 Å². The molecule has 1 unspecified atom stereocenters. The molecule has 1 fully saturated rings. The second kappa shape index (κ2) is 10.5. The maximum atomic E-state index is 5.81. The third kappa shape index (κ3) is 6.27. The molecule has 152 valence electrons. The van der Waals surface area contributed by atoms with Crippen LogP contribution >= 0.6 is 0 Å². The van der Waals surface area contributed by atoms with E-state index < -0.39 is 0 Å². The largest absolute Gasteiger partial charge is 0.491 e. The van der Waals surface area contributed by atoms with Crippen LogP contribution in [0.15, 0.2) is 48.5 Å². The topological polar surface area (TPSA) is 27.7 Å². The summed E-state index contributed by atoms with van der Waals surface area (Å²) in [6.07, 6.45) is 6.47. The fraction of sp³-hybridized carbons (Fsp3) is 0.520. The zero-order valence-electron chi connectivity index (χ0n) is 17.5. The Kier molecular flexibility index (Phi) is 7.79. The average Bonchev–Trinajstić information content (AvgIpc) is 2.73. The second-order valence-electron chi connectivity index (χ2n) is 8.03. The first kappa shape index (κ1) is 20.7. The van der Waals surface area contributed by atoms with E-state index in [1.165, 1.54) is 43.2 Å². The highest BCUT2D eigenvalue weighted by Gasteiger charge is 2.15. The van der Waals surface area contributed by atoms with Crippen LogP contribution in [-0.4, -0.2) is 19.5 Å². The molecular formula is C25H34O3. The number of ether oxygens (including phenoxy) is 3. The summed E-state index contributed by atoms with van der Waals surface area (Å²) in [4.78, 5) is 0. The first-order valence-electron chi connectivity index (χ1n) is 10.7. The van der Waals surface area contributed by atoms with Crippen LogP contribution < -0.4 is 9.47 Å². The summed E-state index contributed by atoms with van der Waals surface area (Å²) in [5.74, 6) is 2.99. The zero-order chi connectivity index (χ0) is 19.8. The highest BCUT2D eigenvalue weighted by atomic mass is 16.7. The van der Waals surface area contributed by atoms with E-state index >= 15 is 0 Å². The molecule has 2 aromatic rings. The van der Waals surface area contributed by atoms with Crippen molar-refractivity contribution < 1.29 is 14.2 Å². The second-order valence-corrected chi connectivity index (χ2v) is 8.03. The molecule has 0 spiro atoms. The molecule has 1 saturated carbocycles. The van der Waals surface area contributed by atoms with Gasteiger partial charge in [0, 0.05) is 0 Å². The molecule has 0 amide bonds. The lowest BCUT2D eigenvalue weighted by molar-refractivity contribution is -0.0739. The fourth-order valence-electron chi connectivity index (χ4n) is 3.80. The normalized spacial score (nSPS) is 16.1. The molecule has 1 aliphatic rings. The standard InChI is InChI=1S/C25H34O3/c1-19(2)21-9-15-25(16-10-21)28-20(3)26-17-18-27-24-13-11-23(12-14-24)22-7-5-4-6-8-22/h9-16,19-20,22H,4-8,17-18H2,1-3H3. The van der Waals surface area contributed by atoms with E-state index in [2.05, 4.69) is 50.2 Å². The summed E-state index contributed by atoms with van der Waals surface area (Å²) < 4.78 is 17.3. The maximum absolute atomic E-state index is 5.81. The van der Waals surface area contributed by atoms with Crippen molar-refractivity contribution in [1.29, 1.82) is 0 Å². The van der Waals surface area contributed by atoms with Gasteiger partial charge in [-0.3, -0.25) is 0 Å². The first-order chi connectivity index (χ1) is 13.6. The summed E-state index contributed by atoms with van der Waals surface area (Å²) in [5, 5.41) is 0. The Hall–Kier alpha value is -2.00. The van der Waals surface area contributed by atoms with Crippen LogP contribution in [0.3, 0.4) is 0 Å². The van der Waals surface area contributed by atoms with Crippen LogP contribution in [0.2, 0.25) is 0 Å². The predicted octanol–water partition coefficient (Wildman–Crippen LogP) is 6.68. The minimum atomic E-state index is -0.304. The van der Waals surface area contributed by atoms with Gasteiger partial charge in [0.15, 0.2) is 6.29 Å². The van der Waals surface area contributed by atoms with Gasteiger partial charge in [-0.15, -0.1) is 0 Å². The predicted molar refractivity (Wildman–Crippen MR) is 114 cm³/mol. The van der Waals surface area contributed by atoms with Gasteiger partial charge < -0.3 is 14.2 Å². The Bertz CT molecular complexity index is 685. The van der Waals surface area contributed by atoms with Crippen LogP contribution in [0.5, 0.6) is 11.5 Å². The minimum absolute atomic E-state index is 0.304. The molecule has 0 aromatic heterocycles. The van der Waals surface area contributed by atoms with Crippen LogP contribution in [0.4, 0.5) is 0 Å². The fourth-order valence-corrected chi connectivity index (χ4v) is 3.80. The zero-order valence-corrected chi connectivity index (χ0v) is 17.5. The van der Waals surface area contributed by atoms with Crippen LogP contribution in [0.25, 0.3) is 0 Å². The molecule has 0 heterocycles. The molecule has 2 aromatic carbocycles. The van der Waals surface area contributed by atoms with E-state index in [1.54, 1.807) is 0 Å². The molecule has 1 atom stereocenters. The van der Waals surface area contributed by atoms with E-state index in [0.29, 0.717) is 19.1 Å². The summed E-state index contributed by atoms with van der Waals surface area (Å²) >= 11 is 0. The molecule has 0 radical (unpaired) electrons. The molecule has 0 saturated heterocycles. The molecule has 1 aliphatic carbocycles. The SMILES string of the molecule is CC(OCCOc1ccc(C2CCCCC2)cc1)Oc1ccc(C(C)C)cc1. The molecule has 28 heavy (non-hydrogen) atoms. The van der Waals surface area contributed by atoms with Crippen molar-refractivity contribution in [3.63, 3.8) is 0 Å². The molecule has 0 N–H and O–H groups in total. The minimum Gasteiger partial charge on any atom is -0.491 e. The van der Waals surface area contributed by atoms with Crippen LogP contribution in [0, 0.1) is 0 Å². The van der Waals surface area contributed by atoms with Crippen LogP contribution in [0.1, 0.15) is 75.8 Å². The Balaban J connectivity index is 1.35. The van der Waals surface area contributed by atoms with E-state index in [-0.39, 0.29) is 6.29 Å². The smallest absolute Gasteiger partial charge is 0.197 e. The van der Waals surface area contributed by atoms with Crippen molar-refractivity contribution in [3.05, 3.63) is 59.7 Å². The van der Waals surface area contributed by atoms with E-state index in [0.717, 1.165) is 17.4 Å². The van der Waals surface area contributed by atoms with Crippen LogP contribution in [-0.2, 0) is 4.74 Å². The van der Waals surface area contributed by atoms with Crippen molar-refractivity contribution in [2.75, 3.05) is 13.2 Å². The van der Waals surface area contributed by atoms with Crippen molar-refractivity contribution in [2.24, 2.45) is 0 Å². The average molecular weight is 383 g/mol. The number of rotatable bonds is 9. The van der Waals surface area contributed by atoms with Gasteiger partial charge in [-0.2, -0.15) is 0 Å². The third-order valence-corrected chi connectivity index (χ3v) is 5.51. The van der Waals surface area contributed by atoms with E-state index in [1.807, 2.05) is 19.1 Å². The quantitative estimate of drug-likeness (QED) is 0.358. The Morgan fingerprint density at radius 1 is 0.786 bits per heavy atom. The van der Waals surface area contributed by atoms with Gasteiger partial charge in [-0.05, 0) is 67.0 Å². The first-order valence-corrected chi connectivity index (χ1v) is 10.7. The van der Waals surface area contributed by atoms with Gasteiger partial charge in [0.2, 0.25) is 0 Å². The van der Waals surface area contributed by atoms with Gasteiger partial charge in [0.1, 0.15) is 18.1 Å². The molecule has 3 heteroatoms. The van der Waals surface area contributed by atoms with Gasteiger partial charge in [0.05, 0.1) is 6.61 Å². The van der Waals surface area contributed by atoms with E-state index in [4.69, 9.17) is 14.2 Å². The molecule has 0 bridgehead atoms. The molecule has 3 nitrogen and oxygen atoms in total. The van der Waals surface area contributed by atoms with Gasteiger partial charge in [0.25, 0.3) is 0 Å². The lowest BCUT2D eigenvalue weighted by Gasteiger charge is -2.22. The number of hydrogen-bond donors (Lipinski definition) is 0. The van der Waals surface area contributed by atoms with E-state index in [9.17, 15) is 0 Å². The summed E-state index contributed by atoms with van der Waals surface area (Å²) in [6.45, 7) is 7.30. The summed E-state index contributed by atoms with van der Waals surface area (Å²) in [6, 6.07) is 16.8. The van der Waals surface area contributed by atoms with Crippen molar-refractivity contribution in [3.8, 4) is 11.5 Å². The summed E-state index contributed by atoms with van der Waals surface area (Å²) in [5.41, 5.74) is 2.76. The third-order valence-electron chi connectivity index (χ3n) is 5.51. The monoisotopic (exact) mass is 382 g/mol.